The largest absolute Gasteiger partial charge is 0.426 e. The molecule has 0 saturated carbocycles. The van der Waals surface area contributed by atoms with Gasteiger partial charge in [-0.3, -0.25) is 19.7 Å². The fourth-order valence-corrected chi connectivity index (χ4v) is 8.96. The molecule has 0 N–H and O–H groups in total. The van der Waals surface area contributed by atoms with Gasteiger partial charge in [0.1, 0.15) is 11.5 Å². The molecule has 0 unspecified atom stereocenters. The molecule has 0 aliphatic carbocycles. The Morgan fingerprint density at radius 2 is 0.792 bits per heavy atom. The van der Waals surface area contributed by atoms with Crippen LogP contribution < -0.4 is 14.4 Å². The number of anilines is 1. The van der Waals surface area contributed by atoms with E-state index in [9.17, 15) is 19.7 Å². The van der Waals surface area contributed by atoms with Gasteiger partial charge in [0.25, 0.3) is 5.69 Å². The van der Waals surface area contributed by atoms with Gasteiger partial charge in [-0.15, -0.1) is 0 Å². The second-order valence-electron chi connectivity index (χ2n) is 23.0. The van der Waals surface area contributed by atoms with Gasteiger partial charge in [0.05, 0.1) is 4.92 Å². The highest BCUT2D eigenvalue weighted by Gasteiger charge is 2.31. The van der Waals surface area contributed by atoms with Gasteiger partial charge in [-0.05, 0) is 138 Å². The number of carbonyl (C=O) groups is 2. The van der Waals surface area contributed by atoms with Crippen LogP contribution in [0.4, 0.5) is 11.4 Å². The molecule has 8 nitrogen and oxygen atoms in total. The predicted octanol–water partition coefficient (Wildman–Crippen LogP) is 15.1. The van der Waals surface area contributed by atoms with Gasteiger partial charge >= 0.3 is 11.9 Å². The van der Waals surface area contributed by atoms with E-state index in [2.05, 4.69) is 184 Å². The van der Waals surface area contributed by atoms with Crippen molar-refractivity contribution in [1.82, 2.24) is 0 Å². The third-order valence-corrected chi connectivity index (χ3v) is 12.8. The molecule has 368 valence electrons. The van der Waals surface area contributed by atoms with Gasteiger partial charge in [0.15, 0.2) is 0 Å². The number of non-ortho nitro benzene ring substituents is 1. The Labute approximate surface area is 425 Å². The van der Waals surface area contributed by atoms with Crippen LogP contribution in [0, 0.1) is 33.8 Å². The first-order valence-electron chi connectivity index (χ1n) is 24.4. The van der Waals surface area contributed by atoms with Crippen LogP contribution >= 0.6 is 0 Å². The number of hydrogen-bond donors (Lipinski definition) is 0. The van der Waals surface area contributed by atoms with Crippen LogP contribution in [-0.4, -0.2) is 31.0 Å². The van der Waals surface area contributed by atoms with Gasteiger partial charge in [0, 0.05) is 90.3 Å². The summed E-state index contributed by atoms with van der Waals surface area (Å²) in [7, 11) is 4.02. The third-order valence-electron chi connectivity index (χ3n) is 12.8. The van der Waals surface area contributed by atoms with E-state index >= 15 is 0 Å². The molecule has 0 aliphatic heterocycles. The van der Waals surface area contributed by atoms with Gasteiger partial charge in [0.2, 0.25) is 0 Å². The van der Waals surface area contributed by atoms with Gasteiger partial charge in [-0.2, -0.15) is 0 Å². The van der Waals surface area contributed by atoms with E-state index in [1.807, 2.05) is 26.2 Å². The lowest BCUT2D eigenvalue weighted by atomic mass is 9.77. The van der Waals surface area contributed by atoms with Crippen LogP contribution in [0.5, 0.6) is 11.5 Å². The van der Waals surface area contributed by atoms with Crippen LogP contribution in [0.1, 0.15) is 141 Å². The molecular formula is C64H66N2O6. The highest BCUT2D eigenvalue weighted by atomic mass is 16.6. The Balaban J connectivity index is 1.64. The van der Waals surface area contributed by atoms with Crippen molar-refractivity contribution < 1.29 is 24.0 Å². The number of hydrogen-bond acceptors (Lipinski definition) is 7. The summed E-state index contributed by atoms with van der Waals surface area (Å²) in [5.41, 5.74) is 10.1. The van der Waals surface area contributed by atoms with Crippen LogP contribution in [0.15, 0.2) is 109 Å². The Morgan fingerprint density at radius 3 is 1.10 bits per heavy atom. The van der Waals surface area contributed by atoms with Crippen LogP contribution in [0.2, 0.25) is 0 Å². The summed E-state index contributed by atoms with van der Waals surface area (Å²) in [4.78, 5) is 38.5. The highest BCUT2D eigenvalue weighted by Crippen LogP contribution is 2.46. The Hall–Kier alpha value is -7.68. The fraction of sp³-hybridized carbons (Fsp3) is 0.312. The van der Waals surface area contributed by atoms with Crippen LogP contribution in [-0.2, 0) is 31.2 Å². The maximum atomic E-state index is 12.6. The zero-order valence-electron chi connectivity index (χ0n) is 44.7. The second-order valence-corrected chi connectivity index (χ2v) is 23.0. The summed E-state index contributed by atoms with van der Waals surface area (Å²) in [5, 5.41) is 15.1. The molecule has 0 radical (unpaired) electrons. The zero-order chi connectivity index (χ0) is 52.8. The number of ether oxygens (including phenoxy) is 2. The van der Waals surface area contributed by atoms with Gasteiger partial charge < -0.3 is 14.4 Å². The summed E-state index contributed by atoms with van der Waals surface area (Å²) < 4.78 is 12.1. The lowest BCUT2D eigenvalue weighted by Gasteiger charge is -2.30. The molecule has 7 aromatic carbocycles. The summed E-state index contributed by atoms with van der Waals surface area (Å²) >= 11 is 0. The molecule has 7 rings (SSSR count). The summed E-state index contributed by atoms with van der Waals surface area (Å²) in [5.74, 6) is 14.5. The van der Waals surface area contributed by atoms with E-state index in [1.165, 1.54) is 26.0 Å². The number of nitro groups is 1. The molecule has 8 heteroatoms. The molecular weight excluding hydrogens is 893 g/mol. The molecule has 0 fully saturated rings. The van der Waals surface area contributed by atoms with Gasteiger partial charge in [-0.1, -0.05) is 131 Å². The van der Waals surface area contributed by atoms with E-state index in [0.717, 1.165) is 88.4 Å². The molecule has 7 aromatic rings. The van der Waals surface area contributed by atoms with E-state index in [4.69, 9.17) is 9.47 Å². The molecule has 72 heavy (non-hydrogen) atoms. The van der Waals surface area contributed by atoms with E-state index in [1.54, 1.807) is 12.1 Å². The summed E-state index contributed by atoms with van der Waals surface area (Å²) in [6, 6.07) is 35.9. The number of rotatable bonds is 6. The first-order chi connectivity index (χ1) is 33.5. The standard InChI is InChI=1S/C64H66N2O6/c1-39(67)71-59-55(61(3,4)5)35-45(36-56(59)62(6,7)8)43-23-31-50-49(29-21-42-19-27-48(28-20-42)66(69)70)51-32-24-44(46-37-57(63(9,10)11)60(72-40(2)68)58(38-46)64(12,13)14)34-54(51)52(53(50)33-43)30-22-41-17-25-47(26-18-41)65(15)16/h17-20,23-28,31-38H,1-16H3. The van der Waals surface area contributed by atoms with E-state index < -0.39 is 4.92 Å². The van der Waals surface area contributed by atoms with Crippen LogP contribution in [0.3, 0.4) is 0 Å². The monoisotopic (exact) mass is 958 g/mol. The van der Waals surface area contributed by atoms with Crippen molar-refractivity contribution in [2.24, 2.45) is 0 Å². The smallest absolute Gasteiger partial charge is 0.308 e. The van der Waals surface area contributed by atoms with Crippen molar-refractivity contribution in [3.63, 3.8) is 0 Å². The maximum absolute atomic E-state index is 12.6. The predicted molar refractivity (Wildman–Crippen MR) is 296 cm³/mol. The molecule has 0 spiro atoms. The van der Waals surface area contributed by atoms with Crippen molar-refractivity contribution in [3.8, 4) is 57.4 Å². The normalized spacial score (nSPS) is 11.9. The van der Waals surface area contributed by atoms with Gasteiger partial charge in [-0.25, -0.2) is 0 Å². The van der Waals surface area contributed by atoms with Crippen LogP contribution in [0.25, 0.3) is 43.8 Å². The number of fused-ring (bicyclic) bond motifs is 2. The summed E-state index contributed by atoms with van der Waals surface area (Å²) in [6.45, 7) is 28.4. The third kappa shape index (κ3) is 11.3. The maximum Gasteiger partial charge on any atom is 0.308 e. The number of nitrogens with zero attached hydrogens (tertiary/aromatic N) is 2. The molecule has 0 heterocycles. The lowest BCUT2D eigenvalue weighted by molar-refractivity contribution is -0.384. The second kappa shape index (κ2) is 19.5. The molecule has 0 aromatic heterocycles. The first kappa shape index (κ1) is 52.2. The Bertz CT molecular complexity index is 3210. The lowest BCUT2D eigenvalue weighted by Crippen LogP contribution is -2.21. The number of benzene rings is 7. The van der Waals surface area contributed by atoms with Crippen molar-refractivity contribution in [2.75, 3.05) is 19.0 Å². The molecule has 0 bridgehead atoms. The average molecular weight is 959 g/mol. The minimum atomic E-state index is -0.415. The SMILES string of the molecule is CC(=O)Oc1c(C(C)(C)C)cc(-c2ccc3c(C#Cc4ccc([N+](=O)[O-])cc4)c4ccc(-c5cc(C(C)(C)C)c(OC(C)=O)c(C(C)(C)C)c5)cc4c(C#Cc4ccc(N(C)C)cc4)c3c2)cc1C(C)(C)C. The van der Waals surface area contributed by atoms with Crippen molar-refractivity contribution in [1.29, 1.82) is 0 Å². The highest BCUT2D eigenvalue weighted by molar-refractivity contribution is 6.12. The van der Waals surface area contributed by atoms with Crippen molar-refractivity contribution in [2.45, 2.75) is 119 Å². The topological polar surface area (TPSA) is 99.0 Å². The number of nitro benzene ring substituents is 1. The molecule has 0 aliphatic rings. The Morgan fingerprint density at radius 1 is 0.458 bits per heavy atom. The van der Waals surface area contributed by atoms with Crippen molar-refractivity contribution >= 4 is 44.9 Å². The fourth-order valence-electron chi connectivity index (χ4n) is 8.96. The molecule has 0 amide bonds. The Kier molecular flexibility index (Phi) is 14.1. The molecule has 0 atom stereocenters. The van der Waals surface area contributed by atoms with E-state index in [-0.39, 0.29) is 39.3 Å². The quantitative estimate of drug-likeness (QED) is 0.0409. The van der Waals surface area contributed by atoms with Crippen molar-refractivity contribution in [3.05, 3.63) is 164 Å². The minimum absolute atomic E-state index is 0.00830. The number of esters is 2. The summed E-state index contributed by atoms with van der Waals surface area (Å²) in [6.07, 6.45) is 0. The zero-order valence-corrected chi connectivity index (χ0v) is 44.7. The minimum Gasteiger partial charge on any atom is -0.426 e. The number of carbonyl (C=O) groups excluding carboxylic acids is 2. The molecule has 0 saturated heterocycles. The average Bonchev–Trinajstić information content (AvgIpc) is 3.28. The van der Waals surface area contributed by atoms with E-state index in [0.29, 0.717) is 17.1 Å². The first-order valence-corrected chi connectivity index (χ1v) is 24.4.